The molecule has 3 atom stereocenters. The van der Waals surface area contributed by atoms with Crippen molar-refractivity contribution >= 4 is 23.9 Å². The molecule has 0 aromatic heterocycles. The fourth-order valence-electron chi connectivity index (χ4n) is 2.97. The van der Waals surface area contributed by atoms with Crippen molar-refractivity contribution < 1.29 is 38.5 Å². The van der Waals surface area contributed by atoms with E-state index in [0.29, 0.717) is 12.0 Å². The average Bonchev–Trinajstić information content (AvgIpc) is 2.72. The molecule has 1 aromatic rings. The molecule has 0 radical (unpaired) electrons. The first-order valence-corrected chi connectivity index (χ1v) is 12.1. The summed E-state index contributed by atoms with van der Waals surface area (Å²) < 4.78 is 16.4. The van der Waals surface area contributed by atoms with Gasteiger partial charge in [-0.3, -0.25) is 19.2 Å². The molecule has 0 heterocycles. The van der Waals surface area contributed by atoms with Crippen molar-refractivity contribution in [2.24, 2.45) is 22.5 Å². The van der Waals surface area contributed by atoms with Gasteiger partial charge in [0, 0.05) is 12.8 Å². The first-order chi connectivity index (χ1) is 16.3. The van der Waals surface area contributed by atoms with Crippen LogP contribution in [-0.4, -0.2) is 40.6 Å². The van der Waals surface area contributed by atoms with E-state index in [2.05, 4.69) is 0 Å². The van der Waals surface area contributed by atoms with E-state index in [1.807, 2.05) is 6.92 Å². The fraction of sp³-hybridized carbons (Fsp3) is 0.630. The summed E-state index contributed by atoms with van der Waals surface area (Å²) in [6.45, 7) is 15.3. The molecule has 0 aliphatic rings. The average molecular weight is 508 g/mol. The summed E-state index contributed by atoms with van der Waals surface area (Å²) >= 11 is 0. The van der Waals surface area contributed by atoms with Gasteiger partial charge in [0.05, 0.1) is 16.7 Å². The number of hydrogen-bond donors (Lipinski definition) is 2. The van der Waals surface area contributed by atoms with Gasteiger partial charge in [0.2, 0.25) is 0 Å². The number of carbonyl (C=O) groups is 4. The molecular weight excluding hydrogens is 466 g/mol. The van der Waals surface area contributed by atoms with Crippen LogP contribution in [0.15, 0.2) is 18.2 Å². The smallest absolute Gasteiger partial charge is 0.324 e. The number of rotatable bonds is 10. The van der Waals surface area contributed by atoms with E-state index in [0.717, 1.165) is 0 Å². The van der Waals surface area contributed by atoms with Crippen LogP contribution < -0.4 is 15.2 Å². The Balaban J connectivity index is 3.29. The Morgan fingerprint density at radius 1 is 0.917 bits per heavy atom. The number of nitrogens with two attached hydrogens (primary N) is 1. The molecule has 0 aliphatic carbocycles. The molecule has 202 valence electrons. The van der Waals surface area contributed by atoms with Crippen molar-refractivity contribution in [1.29, 1.82) is 0 Å². The van der Waals surface area contributed by atoms with Crippen molar-refractivity contribution in [3.8, 4) is 11.5 Å². The summed E-state index contributed by atoms with van der Waals surface area (Å²) in [5, 5.41) is 9.90. The third-order valence-electron chi connectivity index (χ3n) is 5.57. The second kappa shape index (κ2) is 11.9. The Morgan fingerprint density at radius 3 is 1.86 bits per heavy atom. The van der Waals surface area contributed by atoms with Crippen molar-refractivity contribution in [3.05, 3.63) is 23.8 Å². The summed E-state index contributed by atoms with van der Waals surface area (Å²) in [5.41, 5.74) is 3.29. The molecule has 1 rings (SSSR count). The molecule has 0 fully saturated rings. The molecule has 9 nitrogen and oxygen atoms in total. The SMILES string of the molecule is CCC(C)C(=O)O[C@@H](C)CC(N)(Cc1ccc(OC(=O)C(C)(C)C)c(OC(=O)C(C)(C)C)c1)C(=O)O. The molecule has 0 bridgehead atoms. The largest absolute Gasteiger partial charge is 0.480 e. The molecule has 0 aliphatic heterocycles. The number of esters is 3. The minimum absolute atomic E-state index is 0.0194. The highest BCUT2D eigenvalue weighted by atomic mass is 16.6. The lowest BCUT2D eigenvalue weighted by Gasteiger charge is -2.28. The van der Waals surface area contributed by atoms with Crippen molar-refractivity contribution in [1.82, 2.24) is 0 Å². The van der Waals surface area contributed by atoms with Crippen LogP contribution in [0.5, 0.6) is 11.5 Å². The van der Waals surface area contributed by atoms with Crippen molar-refractivity contribution in [2.75, 3.05) is 0 Å². The Morgan fingerprint density at radius 2 is 1.42 bits per heavy atom. The minimum Gasteiger partial charge on any atom is -0.480 e. The van der Waals surface area contributed by atoms with Crippen LogP contribution in [0.1, 0.15) is 80.7 Å². The van der Waals surface area contributed by atoms with E-state index >= 15 is 0 Å². The molecular formula is C27H41NO8. The molecule has 0 saturated carbocycles. The molecule has 36 heavy (non-hydrogen) atoms. The van der Waals surface area contributed by atoms with Crippen LogP contribution in [0.2, 0.25) is 0 Å². The van der Waals surface area contributed by atoms with Gasteiger partial charge in [0.1, 0.15) is 11.6 Å². The molecule has 0 spiro atoms. The maximum absolute atomic E-state index is 12.6. The van der Waals surface area contributed by atoms with Gasteiger partial charge < -0.3 is 25.1 Å². The number of ether oxygens (including phenoxy) is 3. The Kier molecular flexibility index (Phi) is 10.2. The number of carboxylic acids is 1. The van der Waals surface area contributed by atoms with Crippen LogP contribution in [0.25, 0.3) is 0 Å². The summed E-state index contributed by atoms with van der Waals surface area (Å²) in [5.74, 6) is -3.08. The first kappa shape index (κ1) is 31.1. The lowest BCUT2D eigenvalue weighted by Crippen LogP contribution is -2.52. The van der Waals surface area contributed by atoms with Crippen LogP contribution >= 0.6 is 0 Å². The number of carbonyl (C=O) groups excluding carboxylic acids is 3. The molecule has 0 saturated heterocycles. The first-order valence-electron chi connectivity index (χ1n) is 12.1. The van der Waals surface area contributed by atoms with Gasteiger partial charge in [-0.25, -0.2) is 0 Å². The molecule has 1 aromatic carbocycles. The highest BCUT2D eigenvalue weighted by Crippen LogP contribution is 2.34. The monoisotopic (exact) mass is 507 g/mol. The Bertz CT molecular complexity index is 973. The predicted octanol–water partition coefficient (Wildman–Crippen LogP) is 4.28. The van der Waals surface area contributed by atoms with Gasteiger partial charge in [0.15, 0.2) is 11.5 Å². The summed E-state index contributed by atoms with van der Waals surface area (Å²) in [6.07, 6.45) is -0.429. The quantitative estimate of drug-likeness (QED) is 0.350. The van der Waals surface area contributed by atoms with E-state index in [-0.39, 0.29) is 30.3 Å². The van der Waals surface area contributed by atoms with Crippen molar-refractivity contribution in [2.45, 2.75) is 93.2 Å². The highest BCUT2D eigenvalue weighted by Gasteiger charge is 2.38. The summed E-state index contributed by atoms with van der Waals surface area (Å²) in [4.78, 5) is 49.3. The predicted molar refractivity (Wildman–Crippen MR) is 135 cm³/mol. The highest BCUT2D eigenvalue weighted by molar-refractivity contribution is 5.82. The Labute approximate surface area is 213 Å². The summed E-state index contributed by atoms with van der Waals surface area (Å²) in [6, 6.07) is 4.44. The lowest BCUT2D eigenvalue weighted by atomic mass is 9.86. The number of carboxylic acid groups (broad SMARTS) is 1. The van der Waals surface area contributed by atoms with Gasteiger partial charge in [-0.1, -0.05) is 19.9 Å². The Hall–Kier alpha value is -2.94. The second-order valence-electron chi connectivity index (χ2n) is 11.5. The zero-order valence-corrected chi connectivity index (χ0v) is 22.9. The topological polar surface area (TPSA) is 142 Å². The van der Waals surface area contributed by atoms with E-state index in [1.165, 1.54) is 12.1 Å². The standard InChI is InChI=1S/C27H41NO8/c1-10-16(2)21(29)34-17(3)14-27(28,22(30)31)15-18-11-12-19(35-23(32)25(4,5)6)20(13-18)36-24(33)26(7,8)9/h11-13,16-17H,10,14-15,28H2,1-9H3,(H,30,31)/t16?,17-,27?/m0/s1. The summed E-state index contributed by atoms with van der Waals surface area (Å²) in [7, 11) is 0. The van der Waals surface area contributed by atoms with Gasteiger partial charge in [0.25, 0.3) is 0 Å². The van der Waals surface area contributed by atoms with E-state index in [1.54, 1.807) is 61.5 Å². The fourth-order valence-corrected chi connectivity index (χ4v) is 2.97. The van der Waals surface area contributed by atoms with Crippen molar-refractivity contribution in [3.63, 3.8) is 0 Å². The van der Waals surface area contributed by atoms with Crippen LogP contribution in [0.3, 0.4) is 0 Å². The molecule has 0 amide bonds. The third kappa shape index (κ3) is 8.93. The zero-order valence-electron chi connectivity index (χ0n) is 22.9. The van der Waals surface area contributed by atoms with E-state index in [4.69, 9.17) is 19.9 Å². The van der Waals surface area contributed by atoms with Crippen LogP contribution in [0, 0.1) is 16.7 Å². The maximum Gasteiger partial charge on any atom is 0.324 e. The zero-order chi connectivity index (χ0) is 28.1. The van der Waals surface area contributed by atoms with E-state index < -0.39 is 46.4 Å². The van der Waals surface area contributed by atoms with Gasteiger partial charge in [-0.2, -0.15) is 0 Å². The number of benzene rings is 1. The lowest BCUT2D eigenvalue weighted by molar-refractivity contribution is -0.156. The third-order valence-corrected chi connectivity index (χ3v) is 5.57. The molecule has 3 N–H and O–H groups in total. The number of hydrogen-bond acceptors (Lipinski definition) is 8. The second-order valence-corrected chi connectivity index (χ2v) is 11.5. The normalized spacial score (nSPS) is 15.3. The number of aliphatic carboxylic acids is 1. The van der Waals surface area contributed by atoms with Gasteiger partial charge >= 0.3 is 23.9 Å². The van der Waals surface area contributed by atoms with Gasteiger partial charge in [-0.05, 0) is 72.6 Å². The minimum atomic E-state index is -1.77. The van der Waals surface area contributed by atoms with Crippen LogP contribution in [-0.2, 0) is 30.3 Å². The van der Waals surface area contributed by atoms with Crippen LogP contribution in [0.4, 0.5) is 0 Å². The molecule has 9 heteroatoms. The van der Waals surface area contributed by atoms with Gasteiger partial charge in [-0.15, -0.1) is 0 Å². The maximum atomic E-state index is 12.6. The van der Waals surface area contributed by atoms with E-state index in [9.17, 15) is 24.3 Å². The molecule has 2 unspecified atom stereocenters.